The molecule has 82 valence electrons. The van der Waals surface area contributed by atoms with Crippen molar-refractivity contribution in [2.24, 2.45) is 0 Å². The minimum absolute atomic E-state index is 0.816. The monoisotopic (exact) mass is 324 g/mol. The van der Waals surface area contributed by atoms with Crippen LogP contribution in [0.4, 0.5) is 17.1 Å². The highest BCUT2D eigenvalue weighted by Crippen LogP contribution is 2.24. The smallest absolute Gasteiger partial charge is 0.0519 e. The van der Waals surface area contributed by atoms with Crippen molar-refractivity contribution >= 4 is 39.7 Å². The number of hydrogen-bond acceptors (Lipinski definition) is 2. The van der Waals surface area contributed by atoms with Crippen LogP contribution in [0.5, 0.6) is 0 Å². The molecule has 0 aliphatic carbocycles. The molecule has 16 heavy (non-hydrogen) atoms. The van der Waals surface area contributed by atoms with Gasteiger partial charge in [-0.2, -0.15) is 0 Å². The van der Waals surface area contributed by atoms with Crippen LogP contribution in [0.1, 0.15) is 5.56 Å². The highest BCUT2D eigenvalue weighted by molar-refractivity contribution is 14.1. The van der Waals surface area contributed by atoms with Gasteiger partial charge >= 0.3 is 0 Å². The zero-order valence-electron chi connectivity index (χ0n) is 9.00. The fraction of sp³-hybridized carbons (Fsp3) is 0.0769. The van der Waals surface area contributed by atoms with E-state index in [2.05, 4.69) is 40.0 Å². The van der Waals surface area contributed by atoms with Crippen LogP contribution in [-0.2, 0) is 0 Å². The number of halogens is 1. The molecule has 0 unspecified atom stereocenters. The van der Waals surface area contributed by atoms with Gasteiger partial charge in [0.2, 0.25) is 0 Å². The van der Waals surface area contributed by atoms with Gasteiger partial charge in [0, 0.05) is 14.9 Å². The van der Waals surface area contributed by atoms with Gasteiger partial charge < -0.3 is 11.1 Å². The average Bonchev–Trinajstić information content (AvgIpc) is 2.27. The molecule has 3 N–H and O–H groups in total. The van der Waals surface area contributed by atoms with Crippen LogP contribution in [-0.4, -0.2) is 0 Å². The largest absolute Gasteiger partial charge is 0.398 e. The number of nitrogen functional groups attached to an aromatic ring is 1. The number of anilines is 3. The van der Waals surface area contributed by atoms with E-state index in [1.807, 2.05) is 37.3 Å². The highest BCUT2D eigenvalue weighted by Gasteiger charge is 2.00. The first-order valence-electron chi connectivity index (χ1n) is 5.04. The first-order valence-corrected chi connectivity index (χ1v) is 6.12. The Morgan fingerprint density at radius 3 is 2.56 bits per heavy atom. The minimum Gasteiger partial charge on any atom is -0.398 e. The van der Waals surface area contributed by atoms with E-state index in [0.717, 1.165) is 22.6 Å². The van der Waals surface area contributed by atoms with E-state index in [4.69, 9.17) is 5.73 Å². The molecule has 2 aromatic rings. The average molecular weight is 324 g/mol. The van der Waals surface area contributed by atoms with Gasteiger partial charge in [0.15, 0.2) is 0 Å². The van der Waals surface area contributed by atoms with Gasteiger partial charge in [-0.3, -0.25) is 0 Å². The fourth-order valence-electron chi connectivity index (χ4n) is 1.44. The van der Waals surface area contributed by atoms with Crippen molar-refractivity contribution in [2.45, 2.75) is 6.92 Å². The normalized spacial score (nSPS) is 10.1. The number of aryl methyl sites for hydroxylation is 1. The second-order valence-electron chi connectivity index (χ2n) is 3.68. The maximum absolute atomic E-state index is 5.87. The topological polar surface area (TPSA) is 38.0 Å². The molecule has 0 bridgehead atoms. The molecule has 0 radical (unpaired) electrons. The quantitative estimate of drug-likeness (QED) is 0.649. The van der Waals surface area contributed by atoms with Crippen molar-refractivity contribution in [1.29, 1.82) is 0 Å². The van der Waals surface area contributed by atoms with E-state index in [1.165, 1.54) is 3.57 Å². The maximum Gasteiger partial charge on any atom is 0.0519 e. The zero-order valence-corrected chi connectivity index (χ0v) is 11.2. The van der Waals surface area contributed by atoms with E-state index in [9.17, 15) is 0 Å². The van der Waals surface area contributed by atoms with Crippen LogP contribution in [0.3, 0.4) is 0 Å². The summed E-state index contributed by atoms with van der Waals surface area (Å²) >= 11 is 2.31. The lowest BCUT2D eigenvalue weighted by molar-refractivity contribution is 1.45. The standard InChI is InChI=1S/C13H13IN2/c1-9-6-7-10(8-12(9)15)16-13-5-3-2-4-11(13)14/h2-8,16H,15H2,1H3. The third kappa shape index (κ3) is 2.47. The Balaban J connectivity index is 2.28. The van der Waals surface area contributed by atoms with E-state index in [0.29, 0.717) is 0 Å². The number of hydrogen-bond donors (Lipinski definition) is 2. The predicted octanol–water partition coefficient (Wildman–Crippen LogP) is 3.93. The van der Waals surface area contributed by atoms with Crippen LogP contribution < -0.4 is 11.1 Å². The number of nitrogens with one attached hydrogen (secondary N) is 1. The molecule has 2 nitrogen and oxygen atoms in total. The van der Waals surface area contributed by atoms with Crippen LogP contribution in [0.15, 0.2) is 42.5 Å². The summed E-state index contributed by atoms with van der Waals surface area (Å²) in [6.07, 6.45) is 0. The highest BCUT2D eigenvalue weighted by atomic mass is 127. The molecule has 0 heterocycles. The molecule has 2 aromatic carbocycles. The fourth-order valence-corrected chi connectivity index (χ4v) is 1.96. The Morgan fingerprint density at radius 2 is 1.88 bits per heavy atom. The predicted molar refractivity (Wildman–Crippen MR) is 78.0 cm³/mol. The molecule has 0 saturated heterocycles. The van der Waals surface area contributed by atoms with Crippen LogP contribution in [0.25, 0.3) is 0 Å². The summed E-state index contributed by atoms with van der Waals surface area (Å²) in [5.41, 5.74) is 9.91. The van der Waals surface area contributed by atoms with E-state index in [-0.39, 0.29) is 0 Å². The van der Waals surface area contributed by atoms with Crippen molar-refractivity contribution in [1.82, 2.24) is 0 Å². The van der Waals surface area contributed by atoms with Crippen LogP contribution >= 0.6 is 22.6 Å². The van der Waals surface area contributed by atoms with Gasteiger partial charge in [0.1, 0.15) is 0 Å². The zero-order chi connectivity index (χ0) is 11.5. The second kappa shape index (κ2) is 4.74. The van der Waals surface area contributed by atoms with Crippen molar-refractivity contribution in [2.75, 3.05) is 11.1 Å². The van der Waals surface area contributed by atoms with E-state index in [1.54, 1.807) is 0 Å². The summed E-state index contributed by atoms with van der Waals surface area (Å²) in [6.45, 7) is 2.01. The molecule has 0 saturated carbocycles. The van der Waals surface area contributed by atoms with Crippen LogP contribution in [0.2, 0.25) is 0 Å². The maximum atomic E-state index is 5.87. The van der Waals surface area contributed by atoms with Gasteiger partial charge in [0.25, 0.3) is 0 Å². The van der Waals surface area contributed by atoms with Gasteiger partial charge in [-0.05, 0) is 59.3 Å². The Morgan fingerprint density at radius 1 is 1.12 bits per heavy atom. The number of benzene rings is 2. The second-order valence-corrected chi connectivity index (χ2v) is 4.84. The van der Waals surface area contributed by atoms with Crippen molar-refractivity contribution in [3.8, 4) is 0 Å². The summed E-state index contributed by atoms with van der Waals surface area (Å²) in [4.78, 5) is 0. The first kappa shape index (κ1) is 11.3. The SMILES string of the molecule is Cc1ccc(Nc2ccccc2I)cc1N. The molecule has 0 aromatic heterocycles. The number of nitrogens with two attached hydrogens (primary N) is 1. The molecule has 0 atom stereocenters. The molecule has 0 amide bonds. The molecule has 0 fully saturated rings. The molecule has 0 aliphatic rings. The third-order valence-corrected chi connectivity index (χ3v) is 3.37. The molecule has 2 rings (SSSR count). The van der Waals surface area contributed by atoms with Crippen LogP contribution in [0, 0.1) is 10.5 Å². The summed E-state index contributed by atoms with van der Waals surface area (Å²) < 4.78 is 1.19. The lowest BCUT2D eigenvalue weighted by Crippen LogP contribution is -1.95. The molecule has 0 spiro atoms. The summed E-state index contributed by atoms with van der Waals surface area (Å²) in [5, 5.41) is 3.35. The summed E-state index contributed by atoms with van der Waals surface area (Å²) in [5.74, 6) is 0. The Kier molecular flexibility index (Phi) is 3.33. The summed E-state index contributed by atoms with van der Waals surface area (Å²) in [7, 11) is 0. The summed E-state index contributed by atoms with van der Waals surface area (Å²) in [6, 6.07) is 14.2. The Labute approximate surface area is 109 Å². The van der Waals surface area contributed by atoms with E-state index < -0.39 is 0 Å². The van der Waals surface area contributed by atoms with Gasteiger partial charge in [-0.1, -0.05) is 18.2 Å². The lowest BCUT2D eigenvalue weighted by atomic mass is 10.2. The van der Waals surface area contributed by atoms with Gasteiger partial charge in [-0.25, -0.2) is 0 Å². The molecular weight excluding hydrogens is 311 g/mol. The lowest BCUT2D eigenvalue weighted by Gasteiger charge is -2.10. The number of para-hydroxylation sites is 1. The van der Waals surface area contributed by atoms with Crippen molar-refractivity contribution in [3.05, 3.63) is 51.6 Å². The Hall–Kier alpha value is -1.23. The molecular formula is C13H13IN2. The van der Waals surface area contributed by atoms with E-state index >= 15 is 0 Å². The minimum atomic E-state index is 0.816. The van der Waals surface area contributed by atoms with Gasteiger partial charge in [0.05, 0.1) is 5.69 Å². The third-order valence-electron chi connectivity index (χ3n) is 2.43. The Bertz CT molecular complexity index is 509. The molecule has 3 heteroatoms. The first-order chi connectivity index (χ1) is 7.66. The van der Waals surface area contributed by atoms with Crippen molar-refractivity contribution < 1.29 is 0 Å². The molecule has 0 aliphatic heterocycles. The van der Waals surface area contributed by atoms with Crippen molar-refractivity contribution in [3.63, 3.8) is 0 Å². The number of rotatable bonds is 2. The van der Waals surface area contributed by atoms with Gasteiger partial charge in [-0.15, -0.1) is 0 Å².